The molecule has 12 aromatic rings. The number of hydrogen-bond donors (Lipinski definition) is 5. The molecule has 149 heavy (non-hydrogen) atoms. The zero-order valence-electron chi connectivity index (χ0n) is 81.7. The van der Waals surface area contributed by atoms with Gasteiger partial charge in [0.1, 0.15) is 83.1 Å². The monoisotopic (exact) mass is 2190 g/mol. The number of halogens is 13. The number of aliphatic carboxylic acids is 1. The Kier molecular flexibility index (Phi) is 44.0. The number of piperidine rings is 1. The number of aromatic nitrogens is 12. The van der Waals surface area contributed by atoms with Crippen molar-refractivity contribution in [1.82, 2.24) is 74.5 Å². The van der Waals surface area contributed by atoms with Crippen molar-refractivity contribution in [3.63, 3.8) is 0 Å². The summed E-state index contributed by atoms with van der Waals surface area (Å²) in [5.74, 6) is 1.62. The Labute approximate surface area is 884 Å². The molecule has 12 heterocycles. The molecule has 3 amide bonds. The molecule has 8 aromatic heterocycles. The maximum atomic E-state index is 13.6. The van der Waals surface area contributed by atoms with E-state index in [4.69, 9.17) is 82.8 Å². The van der Waals surface area contributed by atoms with Gasteiger partial charge < -0.3 is 80.2 Å². The molecule has 4 aliphatic rings. The molecular weight excluding hydrogens is 2090 g/mol. The first-order chi connectivity index (χ1) is 69.4. The largest absolute Gasteiger partial charge is 1.00 e. The van der Waals surface area contributed by atoms with Gasteiger partial charge in [0.15, 0.2) is 0 Å². The number of nitrogen functional groups attached to an aromatic ring is 4. The second-order valence-electron chi connectivity index (χ2n) is 34.3. The Bertz CT molecular complexity index is 6800. The van der Waals surface area contributed by atoms with Gasteiger partial charge in [-0.05, 0) is 201 Å². The molecule has 4 saturated heterocycles. The first-order valence-corrected chi connectivity index (χ1v) is 47.9. The van der Waals surface area contributed by atoms with E-state index in [-0.39, 0.29) is 104 Å². The number of hydrogen-bond acceptors (Lipinski definition) is 35. The van der Waals surface area contributed by atoms with Crippen LogP contribution in [0.1, 0.15) is 99.7 Å². The molecule has 0 atom stereocenters. The number of ether oxygens (including phenoxy) is 2. The zero-order chi connectivity index (χ0) is 110. The van der Waals surface area contributed by atoms with Gasteiger partial charge in [-0.3, -0.25) is 4.79 Å². The number of nitrogens with zero attached hydrogens (tertiary/aromatic N) is 19. The maximum Gasteiger partial charge on any atom is 1.00 e. The van der Waals surface area contributed by atoms with Crippen LogP contribution in [0.4, 0.5) is 109 Å². The fourth-order valence-corrected chi connectivity index (χ4v) is 15.7. The molecule has 0 aliphatic carbocycles. The van der Waals surface area contributed by atoms with Crippen molar-refractivity contribution in [3.8, 4) is 45.0 Å². The van der Waals surface area contributed by atoms with Crippen LogP contribution in [0.3, 0.4) is 0 Å². The van der Waals surface area contributed by atoms with Crippen LogP contribution in [-0.4, -0.2) is 238 Å². The van der Waals surface area contributed by atoms with Gasteiger partial charge in [-0.1, -0.05) is 41.7 Å². The Morgan fingerprint density at radius 2 is 0.611 bits per heavy atom. The molecule has 9 N–H and O–H groups in total. The summed E-state index contributed by atoms with van der Waals surface area (Å²) in [6, 6.07) is 21.5. The van der Waals surface area contributed by atoms with Crippen molar-refractivity contribution in [3.05, 3.63) is 192 Å². The topological polar surface area (TPSA) is 525 Å². The normalized spacial score (nSPS) is 13.7. The van der Waals surface area contributed by atoms with Gasteiger partial charge in [-0.25, -0.2) is 74.2 Å². The standard InChI is InChI=1S/C24H27F3N6O2.C23H24ClF3N6O2.C22H21F3N6O.C20H20F3N5.C3H4O2.CH3O2S.Na.3O2S/c1-14-11-16-18(12-15(14)20-17(24(25,26)27)5-6-19(28)31-20)29-13-30-21(16)32-7-9-33(10-8-32)22(34)35-23(2,3)4;1-22(2,3)35-21(34)33-8-6-32(7-9-33)20-14-10-16(24)13(11-17(14)29-12-30-20)19-15(23(25,26)27)4-5-18(28)31-19;1-3-19(32)30-6-8-31(9-7-30)21-15-10-13(2)14(11-17(15)27-12-28-21)20-16(22(23,24)25)4-5-18(26)29-20;1-12-9-14-16(25-11-26-19(14)28-7-3-2-4-8-28)10-13(12)18-15(20(21,22)23)5-6-17(24)27-18;1-2-3(4)5;1-4(2)3;;3*1-3-2/h5-6,11-13H,7-10H2,1-4H3,(H2,28,31);4-5,10-12H,6-9H2,1-3H3,(H2,28,31);3-5,10-12H,1,6-9H2,2H3,(H2,26,29);5-6,9-11H,2-4,7-8H2,1H3,(H2,24,27);2H,1H2,(H,4,5);1H3;;;;/q;;;;;-1;+1;;;. The number of nitrogens with two attached hydrogens (primary N) is 4. The SMILES string of the molecule is C=CC(=O)N1CCN(c2ncnc3cc(-c4nc(N)ccc4C(F)(F)F)c(C)cc23)CC1.C=CC(=O)O.CC(C)(C)OC(=O)N1CCN(c2ncnc3cc(-c4nc(N)ccc4C(F)(F)F)c(Cl)cc23)CC1.C[S-](=O)=O.Cc1cc2c(N3CCCCC3)ncnc2cc1-c1nc(N)ccc1C(F)(F)F.Cc1cc2c(N3CCN(C(=O)OC(C)(C)C)CC3)ncnc2cc1-c1nc(N)ccc1C(F)(F)F.O=S=O.O=S=O.O=S=O.[Na+]. The van der Waals surface area contributed by atoms with Crippen LogP contribution < -0.4 is 72.1 Å². The van der Waals surface area contributed by atoms with E-state index >= 15 is 0 Å². The van der Waals surface area contributed by atoms with Crippen LogP contribution >= 0.6 is 11.6 Å². The average molecular weight is 2190 g/mol. The number of amides is 3. The van der Waals surface area contributed by atoms with E-state index in [1.54, 1.807) is 65.8 Å². The molecule has 792 valence electrons. The third-order valence-electron chi connectivity index (χ3n) is 21.9. The molecule has 0 saturated carbocycles. The van der Waals surface area contributed by atoms with E-state index in [0.717, 1.165) is 97.3 Å². The second-order valence-corrected chi connectivity index (χ2v) is 36.0. The van der Waals surface area contributed by atoms with Gasteiger partial charge in [0, 0.05) is 142 Å². The minimum Gasteiger partial charge on any atom is -0.478 e. The van der Waals surface area contributed by atoms with Crippen LogP contribution in [0.25, 0.3) is 88.6 Å². The molecule has 4 aliphatic heterocycles. The van der Waals surface area contributed by atoms with Gasteiger partial charge in [-0.2, -0.15) is 77.9 Å². The third-order valence-corrected chi connectivity index (χ3v) is 22.2. The van der Waals surface area contributed by atoms with E-state index in [0.29, 0.717) is 162 Å². The number of piperazine rings is 3. The number of aryl methyl sites for hydroxylation is 3. The van der Waals surface area contributed by atoms with Crippen molar-refractivity contribution in [2.24, 2.45) is 0 Å². The number of rotatable bonds is 10. The van der Waals surface area contributed by atoms with Gasteiger partial charge >= 0.3 is 107 Å². The van der Waals surface area contributed by atoms with E-state index in [1.165, 1.54) is 56.0 Å². The minimum absolute atomic E-state index is 0. The van der Waals surface area contributed by atoms with E-state index < -0.39 is 110 Å². The second kappa shape index (κ2) is 53.8. The van der Waals surface area contributed by atoms with Crippen molar-refractivity contribution in [1.29, 1.82) is 0 Å². The number of carboxylic acid groups (broad SMARTS) is 1. The smallest absolute Gasteiger partial charge is 0.478 e. The Morgan fingerprint density at radius 3 is 0.846 bits per heavy atom. The predicted octanol–water partition coefficient (Wildman–Crippen LogP) is 12.9. The summed E-state index contributed by atoms with van der Waals surface area (Å²) in [6.45, 7) is 30.4. The molecule has 0 radical (unpaired) electrons. The number of carbonyl (C=O) groups excluding carboxylic acids is 3. The number of alkyl halides is 12. The molecule has 0 bridgehead atoms. The molecule has 4 aromatic carbocycles. The number of anilines is 8. The molecule has 0 spiro atoms. The zero-order valence-corrected chi connectivity index (χ0v) is 87.7. The fourth-order valence-electron chi connectivity index (χ4n) is 15.5. The molecule has 4 fully saturated rings. The Balaban J connectivity index is 0.000000254. The average Bonchev–Trinajstić information content (AvgIpc) is 0.766. The number of carbonyl (C=O) groups is 4. The van der Waals surface area contributed by atoms with Crippen molar-refractivity contribution in [2.45, 2.75) is 117 Å². The summed E-state index contributed by atoms with van der Waals surface area (Å²) < 4.78 is 242. The van der Waals surface area contributed by atoms with E-state index in [9.17, 15) is 71.9 Å². The Morgan fingerprint density at radius 1 is 0.383 bits per heavy atom. The van der Waals surface area contributed by atoms with E-state index in [1.807, 2.05) is 62.3 Å². The molecular formula is C93H99ClF12N23NaO15S4. The summed E-state index contributed by atoms with van der Waals surface area (Å²) in [5, 5.41) is 10.5. The summed E-state index contributed by atoms with van der Waals surface area (Å²) in [4.78, 5) is 110. The fraction of sp³-hybridized carbons (Fsp3) is 0.355. The van der Waals surface area contributed by atoms with Gasteiger partial charge in [0.2, 0.25) is 5.91 Å². The molecule has 38 nitrogen and oxygen atoms in total. The molecule has 56 heteroatoms. The maximum absolute atomic E-state index is 13.6. The van der Waals surface area contributed by atoms with Crippen molar-refractivity contribution < 1.29 is 150 Å². The van der Waals surface area contributed by atoms with E-state index in [2.05, 4.69) is 77.9 Å². The number of pyridine rings is 4. The van der Waals surface area contributed by atoms with Gasteiger partial charge in [-0.15, -0.1) is 0 Å². The third kappa shape index (κ3) is 34.0. The van der Waals surface area contributed by atoms with Crippen molar-refractivity contribution in [2.75, 3.05) is 140 Å². The number of benzene rings is 4. The molecule has 0 unspecified atom stereocenters. The van der Waals surface area contributed by atoms with Crippen LogP contribution in [0.15, 0.2) is 148 Å². The summed E-state index contributed by atoms with van der Waals surface area (Å²) in [6.07, 6.45) is -6.88. The molecule has 16 rings (SSSR count). The summed E-state index contributed by atoms with van der Waals surface area (Å²) >= 11 is 4.21. The van der Waals surface area contributed by atoms with Crippen LogP contribution in [-0.2, 0) is 97.6 Å². The minimum atomic E-state index is -4.64. The number of fused-ring (bicyclic) bond motifs is 4. The quantitative estimate of drug-likeness (QED) is 0.0367. The Hall–Kier alpha value is -13.9. The first kappa shape index (κ1) is 122. The predicted molar refractivity (Wildman–Crippen MR) is 532 cm³/mol. The van der Waals surface area contributed by atoms with Gasteiger partial charge in [0.25, 0.3) is 0 Å². The van der Waals surface area contributed by atoms with Crippen LogP contribution in [0, 0.1) is 20.8 Å². The van der Waals surface area contributed by atoms with Crippen LogP contribution in [0.2, 0.25) is 5.02 Å². The van der Waals surface area contributed by atoms with Crippen LogP contribution in [0.5, 0.6) is 0 Å². The summed E-state index contributed by atoms with van der Waals surface area (Å²) in [5.41, 5.74) is 22.0. The van der Waals surface area contributed by atoms with Gasteiger partial charge in [0.05, 0.1) is 72.1 Å². The first-order valence-electron chi connectivity index (χ1n) is 44.0. The van der Waals surface area contributed by atoms with Crippen molar-refractivity contribution >= 4 is 171 Å². The summed E-state index contributed by atoms with van der Waals surface area (Å²) in [7, 11) is -1.86. The number of carboxylic acids is 1.